The molecule has 176 valence electrons. The minimum Gasteiger partial charge on any atom is -0.466 e. The van der Waals surface area contributed by atoms with Crippen molar-refractivity contribution in [1.82, 2.24) is 9.97 Å². The van der Waals surface area contributed by atoms with Gasteiger partial charge in [0.2, 0.25) is 0 Å². The predicted molar refractivity (Wildman–Crippen MR) is 126 cm³/mol. The summed E-state index contributed by atoms with van der Waals surface area (Å²) >= 11 is 0. The Balaban J connectivity index is 0.000000201. The molecule has 1 fully saturated rings. The number of nitrogens with zero attached hydrogens (tertiary/aromatic N) is 1. The Labute approximate surface area is 192 Å². The van der Waals surface area contributed by atoms with Crippen molar-refractivity contribution in [3.63, 3.8) is 0 Å². The second-order valence-electron chi connectivity index (χ2n) is 7.49. The number of benzene rings is 2. The van der Waals surface area contributed by atoms with Crippen LogP contribution in [0.2, 0.25) is 0 Å². The molecule has 0 radical (unpaired) electrons. The molecule has 3 aromatic rings. The van der Waals surface area contributed by atoms with Gasteiger partial charge in [0.1, 0.15) is 5.82 Å². The Morgan fingerprint density at radius 1 is 1.03 bits per heavy atom. The third kappa shape index (κ3) is 8.64. The molecule has 1 saturated heterocycles. The number of esters is 3. The van der Waals surface area contributed by atoms with Crippen molar-refractivity contribution in [2.45, 2.75) is 46.5 Å². The maximum atomic E-state index is 11.2. The number of nitrogens with one attached hydrogen (secondary N) is 1. The van der Waals surface area contributed by atoms with E-state index in [0.29, 0.717) is 30.8 Å². The van der Waals surface area contributed by atoms with Crippen LogP contribution in [-0.4, -0.2) is 34.5 Å². The fraction of sp³-hybridized carbons (Fsp3) is 0.333. The first kappa shape index (κ1) is 25.4. The van der Waals surface area contributed by atoms with Crippen LogP contribution < -0.4 is 11.5 Å². The van der Waals surface area contributed by atoms with E-state index in [1.807, 2.05) is 51.1 Å². The number of cyclic esters (lactones) is 2. The third-order valence-corrected chi connectivity index (χ3v) is 4.56. The summed E-state index contributed by atoms with van der Waals surface area (Å²) in [6.45, 7) is 6.26. The number of aryl methyl sites for hydroxylation is 3. The fourth-order valence-corrected chi connectivity index (χ4v) is 2.88. The number of ether oxygens (including phenoxy) is 2. The maximum Gasteiger partial charge on any atom is 0.314 e. The van der Waals surface area contributed by atoms with E-state index in [2.05, 4.69) is 20.8 Å². The smallest absolute Gasteiger partial charge is 0.314 e. The van der Waals surface area contributed by atoms with Gasteiger partial charge in [-0.3, -0.25) is 14.4 Å². The Bertz CT molecular complexity index is 1110. The van der Waals surface area contributed by atoms with Gasteiger partial charge in [-0.1, -0.05) is 12.1 Å². The molecule has 0 amide bonds. The summed E-state index contributed by atoms with van der Waals surface area (Å²) < 4.78 is 8.96. The van der Waals surface area contributed by atoms with Crippen LogP contribution in [0.3, 0.4) is 0 Å². The van der Waals surface area contributed by atoms with Gasteiger partial charge in [-0.25, -0.2) is 4.98 Å². The van der Waals surface area contributed by atoms with Crippen LogP contribution in [-0.2, 0) is 30.3 Å². The summed E-state index contributed by atoms with van der Waals surface area (Å²) in [7, 11) is 0. The highest BCUT2D eigenvalue weighted by Crippen LogP contribution is 2.15. The molecule has 2 heterocycles. The lowest BCUT2D eigenvalue weighted by Gasteiger charge is -1.98. The highest BCUT2D eigenvalue weighted by Gasteiger charge is 2.19. The van der Waals surface area contributed by atoms with Crippen LogP contribution in [0.15, 0.2) is 36.4 Å². The number of hydrogen-bond acceptors (Lipinski definition) is 8. The van der Waals surface area contributed by atoms with E-state index in [1.165, 1.54) is 5.56 Å². The van der Waals surface area contributed by atoms with E-state index in [4.69, 9.17) is 16.2 Å². The first-order chi connectivity index (χ1) is 15.7. The SMILES string of the molecule is CCOC(=O)CCc1nc2ccc(C)cc2[nH]1.Cc1ccc(N)c(N)c1.O=C1CCC(=O)O1. The summed E-state index contributed by atoms with van der Waals surface area (Å²) in [5.41, 5.74) is 16.6. The van der Waals surface area contributed by atoms with Crippen LogP contribution in [0.4, 0.5) is 11.4 Å². The fourth-order valence-electron chi connectivity index (χ4n) is 2.88. The molecular formula is C24H30N4O5. The molecule has 4 rings (SSSR count). The molecule has 0 atom stereocenters. The normalized spacial score (nSPS) is 12.3. The molecule has 1 aliphatic rings. The Hall–Kier alpha value is -3.88. The number of fused-ring (bicyclic) bond motifs is 1. The minimum atomic E-state index is -0.398. The Morgan fingerprint density at radius 3 is 2.21 bits per heavy atom. The Morgan fingerprint density at radius 2 is 1.67 bits per heavy atom. The standard InChI is InChI=1S/C13H16N2O2.C7H10N2.C4H4O3/c1-3-17-13(16)7-6-12-14-10-5-4-9(2)8-11(10)15-12;1-5-2-3-6(8)7(9)4-5;5-3-1-2-4(6)7-3/h4-5,8H,3,6-7H2,1-2H3,(H,14,15);2-4H,8-9H2,1H3;1-2H2. The van der Waals surface area contributed by atoms with Gasteiger partial charge >= 0.3 is 17.9 Å². The predicted octanol–water partition coefficient (Wildman–Crippen LogP) is 3.38. The van der Waals surface area contributed by atoms with E-state index in [0.717, 1.165) is 22.4 Å². The van der Waals surface area contributed by atoms with Crippen molar-refractivity contribution < 1.29 is 23.9 Å². The van der Waals surface area contributed by atoms with Crippen molar-refractivity contribution in [2.75, 3.05) is 18.1 Å². The van der Waals surface area contributed by atoms with Gasteiger partial charge < -0.3 is 25.9 Å². The van der Waals surface area contributed by atoms with Crippen molar-refractivity contribution in [3.05, 3.63) is 53.3 Å². The molecule has 9 heteroatoms. The molecule has 1 aliphatic heterocycles. The number of anilines is 2. The van der Waals surface area contributed by atoms with Crippen LogP contribution in [0, 0.1) is 13.8 Å². The van der Waals surface area contributed by atoms with Gasteiger partial charge in [0.05, 0.1) is 48.3 Å². The first-order valence-corrected chi connectivity index (χ1v) is 10.6. The number of carbonyl (C=O) groups is 3. The van der Waals surface area contributed by atoms with Crippen molar-refractivity contribution >= 4 is 40.3 Å². The summed E-state index contributed by atoms with van der Waals surface area (Å²) in [6, 6.07) is 11.7. The molecule has 33 heavy (non-hydrogen) atoms. The van der Waals surface area contributed by atoms with Crippen molar-refractivity contribution in [3.8, 4) is 0 Å². The number of carbonyl (C=O) groups excluding carboxylic acids is 3. The van der Waals surface area contributed by atoms with Crippen LogP contribution in [0.25, 0.3) is 11.0 Å². The number of imidazole rings is 1. The van der Waals surface area contributed by atoms with Crippen molar-refractivity contribution in [1.29, 1.82) is 0 Å². The number of aromatic amines is 1. The zero-order valence-corrected chi connectivity index (χ0v) is 19.1. The molecule has 9 nitrogen and oxygen atoms in total. The Kier molecular flexibility index (Phi) is 9.41. The molecule has 0 aliphatic carbocycles. The monoisotopic (exact) mass is 454 g/mol. The molecule has 5 N–H and O–H groups in total. The maximum absolute atomic E-state index is 11.2. The minimum absolute atomic E-state index is 0.177. The molecule has 0 saturated carbocycles. The topological polar surface area (TPSA) is 150 Å². The first-order valence-electron chi connectivity index (χ1n) is 10.6. The number of nitrogens with two attached hydrogens (primary N) is 2. The molecule has 2 aromatic carbocycles. The van der Waals surface area contributed by atoms with E-state index in [1.54, 1.807) is 0 Å². The number of aromatic nitrogens is 2. The summed E-state index contributed by atoms with van der Waals surface area (Å²) in [5, 5.41) is 0. The van der Waals surface area contributed by atoms with Crippen molar-refractivity contribution in [2.24, 2.45) is 0 Å². The number of nitrogen functional groups attached to an aromatic ring is 2. The third-order valence-electron chi connectivity index (χ3n) is 4.56. The number of H-pyrrole nitrogens is 1. The van der Waals surface area contributed by atoms with Gasteiger partial charge in [-0.05, 0) is 56.2 Å². The van der Waals surface area contributed by atoms with Crippen LogP contribution in [0.5, 0.6) is 0 Å². The van der Waals surface area contributed by atoms with Gasteiger partial charge in [-0.2, -0.15) is 0 Å². The second kappa shape index (κ2) is 12.2. The number of hydrogen-bond donors (Lipinski definition) is 3. The number of rotatable bonds is 4. The lowest BCUT2D eigenvalue weighted by molar-refractivity contribution is -0.152. The van der Waals surface area contributed by atoms with Crippen LogP contribution in [0.1, 0.15) is 43.1 Å². The van der Waals surface area contributed by atoms with E-state index in [-0.39, 0.29) is 18.8 Å². The van der Waals surface area contributed by atoms with Gasteiger partial charge in [0.25, 0.3) is 0 Å². The largest absolute Gasteiger partial charge is 0.466 e. The molecule has 0 spiro atoms. The van der Waals surface area contributed by atoms with Crippen LogP contribution >= 0.6 is 0 Å². The van der Waals surface area contributed by atoms with E-state index < -0.39 is 11.9 Å². The van der Waals surface area contributed by atoms with E-state index in [9.17, 15) is 14.4 Å². The zero-order chi connectivity index (χ0) is 24.4. The second-order valence-corrected chi connectivity index (χ2v) is 7.49. The van der Waals surface area contributed by atoms with Gasteiger partial charge in [0, 0.05) is 6.42 Å². The van der Waals surface area contributed by atoms with E-state index >= 15 is 0 Å². The quantitative estimate of drug-likeness (QED) is 0.308. The molecule has 0 unspecified atom stereocenters. The van der Waals surface area contributed by atoms with Gasteiger partial charge in [-0.15, -0.1) is 0 Å². The van der Waals surface area contributed by atoms with Gasteiger partial charge in [0.15, 0.2) is 0 Å². The molecule has 0 bridgehead atoms. The average Bonchev–Trinajstić information content (AvgIpc) is 3.34. The average molecular weight is 455 g/mol. The highest BCUT2D eigenvalue weighted by molar-refractivity contribution is 5.92. The lowest BCUT2D eigenvalue weighted by Crippen LogP contribution is -2.05. The zero-order valence-electron chi connectivity index (χ0n) is 19.1. The lowest BCUT2D eigenvalue weighted by atomic mass is 10.2. The highest BCUT2D eigenvalue weighted by atomic mass is 16.6. The summed E-state index contributed by atoms with van der Waals surface area (Å²) in [5.74, 6) is -0.141. The molecule has 1 aromatic heterocycles. The summed E-state index contributed by atoms with van der Waals surface area (Å²) in [6.07, 6.45) is 1.48. The molecular weight excluding hydrogens is 424 g/mol. The summed E-state index contributed by atoms with van der Waals surface area (Å²) in [4.78, 5) is 38.9.